The van der Waals surface area contributed by atoms with Gasteiger partial charge in [0, 0.05) is 0 Å². The number of carbonyl (C=O) groups is 2. The zero-order chi connectivity index (χ0) is 15.9. The first kappa shape index (κ1) is 17.2. The zero-order valence-corrected chi connectivity index (χ0v) is 13.0. The molecule has 0 aliphatic heterocycles. The van der Waals surface area contributed by atoms with Crippen molar-refractivity contribution in [2.45, 2.75) is 52.0 Å². The molecule has 0 aliphatic rings. The van der Waals surface area contributed by atoms with Gasteiger partial charge in [-0.1, -0.05) is 30.3 Å². The number of carbonyl (C=O) groups excluding carboxylic acids is 2. The summed E-state index contributed by atoms with van der Waals surface area (Å²) in [6.45, 7) is 7.40. The van der Waals surface area contributed by atoms with Gasteiger partial charge in [-0.15, -0.1) is 0 Å². The number of rotatable bonds is 6. The van der Waals surface area contributed by atoms with E-state index in [2.05, 4.69) is 5.32 Å². The molecule has 1 rings (SSSR count). The number of alkyl carbamates (subject to hydrolysis) is 1. The van der Waals surface area contributed by atoms with Crippen LogP contribution >= 0.6 is 0 Å². The number of hydrogen-bond donors (Lipinski definition) is 1. The molecule has 0 saturated heterocycles. The Morgan fingerprint density at radius 3 is 2.43 bits per heavy atom. The Bertz CT molecular complexity index is 453. The predicted octanol–water partition coefficient (Wildman–Crippen LogP) is 2.68. The maximum absolute atomic E-state index is 11.7. The number of benzene rings is 1. The molecule has 1 amide bonds. The third kappa shape index (κ3) is 6.90. The number of nitrogens with one attached hydrogen (secondary N) is 1. The molecule has 1 aromatic rings. The molecule has 0 fully saturated rings. The smallest absolute Gasteiger partial charge is 0.408 e. The molecule has 0 bridgehead atoms. The highest BCUT2D eigenvalue weighted by molar-refractivity contribution is 5.73. The molecule has 0 radical (unpaired) electrons. The highest BCUT2D eigenvalue weighted by atomic mass is 16.6. The van der Waals surface area contributed by atoms with Crippen molar-refractivity contribution in [3.8, 4) is 0 Å². The molecule has 5 heteroatoms. The van der Waals surface area contributed by atoms with Gasteiger partial charge in [-0.25, -0.2) is 4.79 Å². The van der Waals surface area contributed by atoms with Gasteiger partial charge in [0.2, 0.25) is 0 Å². The minimum atomic E-state index is -0.747. The van der Waals surface area contributed by atoms with E-state index in [9.17, 15) is 9.59 Å². The summed E-state index contributed by atoms with van der Waals surface area (Å²) in [7, 11) is 0. The van der Waals surface area contributed by atoms with Gasteiger partial charge in [-0.2, -0.15) is 0 Å². The van der Waals surface area contributed by atoms with E-state index in [1.807, 2.05) is 30.3 Å². The van der Waals surface area contributed by atoms with Crippen molar-refractivity contribution in [1.82, 2.24) is 5.32 Å². The van der Waals surface area contributed by atoms with Crippen LogP contribution in [-0.4, -0.2) is 30.1 Å². The highest BCUT2D eigenvalue weighted by Gasteiger charge is 2.23. The van der Waals surface area contributed by atoms with Crippen molar-refractivity contribution in [3.63, 3.8) is 0 Å². The third-order valence-corrected chi connectivity index (χ3v) is 2.69. The molecular weight excluding hydrogens is 270 g/mol. The van der Waals surface area contributed by atoms with Gasteiger partial charge in [-0.3, -0.25) is 0 Å². The van der Waals surface area contributed by atoms with Crippen LogP contribution in [0.4, 0.5) is 4.79 Å². The second-order valence-corrected chi connectivity index (χ2v) is 5.81. The van der Waals surface area contributed by atoms with E-state index >= 15 is 0 Å². The molecule has 2 unspecified atom stereocenters. The molecule has 5 nitrogen and oxygen atoms in total. The van der Waals surface area contributed by atoms with Gasteiger partial charge < -0.3 is 19.6 Å². The van der Waals surface area contributed by atoms with Crippen molar-refractivity contribution < 1.29 is 19.1 Å². The summed E-state index contributed by atoms with van der Waals surface area (Å²) in [6.07, 6.45) is -0.426. The van der Waals surface area contributed by atoms with Crippen molar-refractivity contribution in [1.29, 1.82) is 0 Å². The first-order valence-corrected chi connectivity index (χ1v) is 6.92. The zero-order valence-electron chi connectivity index (χ0n) is 13.0. The van der Waals surface area contributed by atoms with Crippen LogP contribution < -0.4 is 5.32 Å². The lowest BCUT2D eigenvalue weighted by Crippen LogP contribution is -2.46. The summed E-state index contributed by atoms with van der Waals surface area (Å²) in [5.74, 6) is 0. The number of amides is 1. The van der Waals surface area contributed by atoms with E-state index < -0.39 is 23.8 Å². The average molecular weight is 293 g/mol. The Balaban J connectivity index is 2.47. The fraction of sp³-hybridized carbons (Fsp3) is 0.500. The highest BCUT2D eigenvalue weighted by Crippen LogP contribution is 2.09. The van der Waals surface area contributed by atoms with Gasteiger partial charge in [-0.05, 0) is 33.3 Å². The molecule has 1 N–H and O–H groups in total. The Morgan fingerprint density at radius 2 is 1.90 bits per heavy atom. The van der Waals surface area contributed by atoms with E-state index in [1.54, 1.807) is 27.7 Å². The maximum Gasteiger partial charge on any atom is 0.408 e. The summed E-state index contributed by atoms with van der Waals surface area (Å²) < 4.78 is 10.7. The third-order valence-electron chi connectivity index (χ3n) is 2.69. The molecule has 116 valence electrons. The molecule has 1 aromatic carbocycles. The van der Waals surface area contributed by atoms with Gasteiger partial charge in [0.1, 0.15) is 17.9 Å². The minimum absolute atomic E-state index is 0.377. The van der Waals surface area contributed by atoms with Gasteiger partial charge >= 0.3 is 6.09 Å². The SMILES string of the molecule is CC(OCc1ccccc1)C(C=O)NC(=O)OC(C)(C)C. The molecule has 0 aromatic heterocycles. The van der Waals surface area contributed by atoms with E-state index in [1.165, 1.54) is 0 Å². The quantitative estimate of drug-likeness (QED) is 0.819. The summed E-state index contributed by atoms with van der Waals surface area (Å²) in [5.41, 5.74) is 0.400. The normalized spacial score (nSPS) is 14.1. The van der Waals surface area contributed by atoms with Crippen LogP contribution in [0.5, 0.6) is 0 Å². The van der Waals surface area contributed by atoms with Crippen LogP contribution in [-0.2, 0) is 20.9 Å². The van der Waals surface area contributed by atoms with Gasteiger partial charge in [0.15, 0.2) is 0 Å². The number of ether oxygens (including phenoxy) is 2. The van der Waals surface area contributed by atoms with Gasteiger partial charge in [0.25, 0.3) is 0 Å². The molecule has 0 spiro atoms. The average Bonchev–Trinajstić information content (AvgIpc) is 2.41. The number of aldehydes is 1. The maximum atomic E-state index is 11.7. The molecule has 2 atom stereocenters. The lowest BCUT2D eigenvalue weighted by Gasteiger charge is -2.24. The topological polar surface area (TPSA) is 64.6 Å². The van der Waals surface area contributed by atoms with Crippen molar-refractivity contribution in [3.05, 3.63) is 35.9 Å². The molecule has 0 saturated carbocycles. The predicted molar refractivity (Wildman–Crippen MR) is 79.9 cm³/mol. The summed E-state index contributed by atoms with van der Waals surface area (Å²) in [5, 5.41) is 2.51. The van der Waals surface area contributed by atoms with E-state index in [0.29, 0.717) is 12.9 Å². The van der Waals surface area contributed by atoms with Gasteiger partial charge in [0.05, 0.1) is 12.7 Å². The Hall–Kier alpha value is -1.88. The summed E-state index contributed by atoms with van der Waals surface area (Å²) in [4.78, 5) is 22.8. The van der Waals surface area contributed by atoms with Crippen LogP contribution in [0, 0.1) is 0 Å². The lowest BCUT2D eigenvalue weighted by molar-refractivity contribution is -0.113. The van der Waals surface area contributed by atoms with Crippen LogP contribution in [0.1, 0.15) is 33.3 Å². The largest absolute Gasteiger partial charge is 0.444 e. The van der Waals surface area contributed by atoms with Crippen molar-refractivity contribution in [2.75, 3.05) is 0 Å². The fourth-order valence-electron chi connectivity index (χ4n) is 1.61. The second-order valence-electron chi connectivity index (χ2n) is 5.81. The van der Waals surface area contributed by atoms with Crippen molar-refractivity contribution >= 4 is 12.4 Å². The van der Waals surface area contributed by atoms with Crippen LogP contribution in [0.15, 0.2) is 30.3 Å². The molecule has 0 aliphatic carbocycles. The Kier molecular flexibility index (Phi) is 6.37. The Morgan fingerprint density at radius 1 is 1.29 bits per heavy atom. The summed E-state index contributed by atoms with van der Waals surface area (Å²) in [6, 6.07) is 8.88. The van der Waals surface area contributed by atoms with E-state index in [0.717, 1.165) is 5.56 Å². The fourth-order valence-corrected chi connectivity index (χ4v) is 1.61. The van der Waals surface area contributed by atoms with Crippen LogP contribution in [0.25, 0.3) is 0 Å². The summed E-state index contributed by atoms with van der Waals surface area (Å²) >= 11 is 0. The Labute approximate surface area is 125 Å². The lowest BCUT2D eigenvalue weighted by atomic mass is 10.2. The minimum Gasteiger partial charge on any atom is -0.444 e. The molecule has 0 heterocycles. The van der Waals surface area contributed by atoms with E-state index in [-0.39, 0.29) is 0 Å². The van der Waals surface area contributed by atoms with Crippen LogP contribution in [0.2, 0.25) is 0 Å². The first-order chi connectivity index (χ1) is 9.81. The van der Waals surface area contributed by atoms with E-state index in [4.69, 9.17) is 9.47 Å². The monoisotopic (exact) mass is 293 g/mol. The first-order valence-electron chi connectivity index (χ1n) is 6.92. The molecule has 21 heavy (non-hydrogen) atoms. The van der Waals surface area contributed by atoms with Crippen LogP contribution in [0.3, 0.4) is 0 Å². The molecular formula is C16H23NO4. The van der Waals surface area contributed by atoms with Crippen molar-refractivity contribution in [2.24, 2.45) is 0 Å². The standard InChI is InChI=1S/C16H23NO4/c1-12(20-11-13-8-6-5-7-9-13)14(10-18)17-15(19)21-16(2,3)4/h5-10,12,14H,11H2,1-4H3,(H,17,19). The second kappa shape index (κ2) is 7.78. The number of hydrogen-bond acceptors (Lipinski definition) is 4.